The zero-order valence-electron chi connectivity index (χ0n) is 11.6. The molecule has 5 heteroatoms. The van der Waals surface area contributed by atoms with Crippen molar-refractivity contribution in [3.05, 3.63) is 52.4 Å². The highest BCUT2D eigenvalue weighted by Gasteiger charge is 2.12. The van der Waals surface area contributed by atoms with Gasteiger partial charge in [0.1, 0.15) is 5.82 Å². The first-order valence-electron chi connectivity index (χ1n) is 6.63. The van der Waals surface area contributed by atoms with Crippen LogP contribution >= 0.6 is 0 Å². The van der Waals surface area contributed by atoms with Crippen LogP contribution < -0.4 is 5.56 Å². The van der Waals surface area contributed by atoms with E-state index < -0.39 is 6.29 Å². The van der Waals surface area contributed by atoms with Crippen molar-refractivity contribution in [3.63, 3.8) is 0 Å². The molecule has 2 rings (SSSR count). The Balaban J connectivity index is 2.33. The van der Waals surface area contributed by atoms with E-state index in [0.717, 1.165) is 11.1 Å². The summed E-state index contributed by atoms with van der Waals surface area (Å²) < 4.78 is 11.1. The highest BCUT2D eigenvalue weighted by Crippen LogP contribution is 2.23. The van der Waals surface area contributed by atoms with Crippen LogP contribution in [-0.4, -0.2) is 23.2 Å². The molecular weight excluding hydrogens is 256 g/mol. The maximum Gasteiger partial charge on any atom is 0.251 e. The molecule has 0 bridgehead atoms. The fourth-order valence-corrected chi connectivity index (χ4v) is 1.89. The molecule has 1 heterocycles. The molecule has 1 N–H and O–H groups in total. The number of hydrogen-bond donors (Lipinski definition) is 1. The number of aromatic amines is 1. The van der Waals surface area contributed by atoms with Gasteiger partial charge in [0.05, 0.1) is 0 Å². The van der Waals surface area contributed by atoms with Gasteiger partial charge in [-0.05, 0) is 19.9 Å². The summed E-state index contributed by atoms with van der Waals surface area (Å²) in [4.78, 5) is 18.2. The van der Waals surface area contributed by atoms with Crippen LogP contribution in [-0.2, 0) is 9.47 Å². The van der Waals surface area contributed by atoms with Gasteiger partial charge < -0.3 is 14.5 Å². The summed E-state index contributed by atoms with van der Waals surface area (Å²) >= 11 is 0. The number of H-pyrrole nitrogens is 1. The zero-order valence-corrected chi connectivity index (χ0v) is 11.6. The number of benzene rings is 1. The van der Waals surface area contributed by atoms with Gasteiger partial charge >= 0.3 is 0 Å². The number of nitrogens with zero attached hydrogens (tertiary/aromatic N) is 1. The van der Waals surface area contributed by atoms with Crippen LogP contribution in [0.4, 0.5) is 0 Å². The molecule has 2 aromatic rings. The molecule has 0 saturated heterocycles. The van der Waals surface area contributed by atoms with Gasteiger partial charge in [-0.2, -0.15) is 0 Å². The second-order valence-corrected chi connectivity index (χ2v) is 4.15. The minimum atomic E-state index is -0.402. The Morgan fingerprint density at radius 2 is 1.95 bits per heavy atom. The molecule has 0 aliphatic rings. The highest BCUT2D eigenvalue weighted by atomic mass is 16.7. The van der Waals surface area contributed by atoms with Gasteiger partial charge in [0, 0.05) is 36.6 Å². The molecule has 0 atom stereocenters. The lowest BCUT2D eigenvalue weighted by atomic mass is 10.1. The first-order valence-corrected chi connectivity index (χ1v) is 6.63. The smallest absolute Gasteiger partial charge is 0.251 e. The van der Waals surface area contributed by atoms with E-state index >= 15 is 0 Å². The summed E-state index contributed by atoms with van der Waals surface area (Å²) in [6, 6.07) is 9.00. The van der Waals surface area contributed by atoms with Crippen LogP contribution in [0, 0.1) is 0 Å². The average molecular weight is 274 g/mol. The lowest BCUT2D eigenvalue weighted by Gasteiger charge is -2.17. The Kier molecular flexibility index (Phi) is 5.03. The molecule has 5 nitrogen and oxygen atoms in total. The van der Waals surface area contributed by atoms with E-state index in [1.807, 2.05) is 38.1 Å². The predicted octanol–water partition coefficient (Wildman–Crippen LogP) is 2.51. The molecule has 0 aliphatic carbocycles. The molecular formula is C15H18N2O3. The Morgan fingerprint density at radius 1 is 1.20 bits per heavy atom. The van der Waals surface area contributed by atoms with E-state index in [4.69, 9.17) is 9.47 Å². The normalized spacial score (nSPS) is 10.9. The summed E-state index contributed by atoms with van der Waals surface area (Å²) in [6.45, 7) is 4.98. The first-order chi connectivity index (χ1) is 9.74. The molecule has 0 fully saturated rings. The summed E-state index contributed by atoms with van der Waals surface area (Å²) in [5.41, 5.74) is 1.55. The van der Waals surface area contributed by atoms with Crippen molar-refractivity contribution in [1.29, 1.82) is 0 Å². The minimum absolute atomic E-state index is 0.174. The van der Waals surface area contributed by atoms with Crippen molar-refractivity contribution in [1.82, 2.24) is 9.97 Å². The van der Waals surface area contributed by atoms with Crippen LogP contribution in [0.15, 0.2) is 41.3 Å². The standard InChI is InChI=1S/C15H18N2O3/c1-3-19-15(20-4-2)12-7-5-6-11(10-12)14-16-9-8-13(18)17-14/h5-10,15H,3-4H2,1-2H3,(H,16,17,18). The van der Waals surface area contributed by atoms with Gasteiger partial charge in [-0.1, -0.05) is 18.2 Å². The molecule has 1 aromatic heterocycles. The van der Waals surface area contributed by atoms with Crippen molar-refractivity contribution in [3.8, 4) is 11.4 Å². The van der Waals surface area contributed by atoms with E-state index in [1.54, 1.807) is 0 Å². The molecule has 0 unspecified atom stereocenters. The second kappa shape index (κ2) is 6.98. The van der Waals surface area contributed by atoms with Crippen LogP contribution in [0.1, 0.15) is 25.7 Å². The Bertz CT molecular complexity index is 604. The number of nitrogens with one attached hydrogen (secondary N) is 1. The molecule has 20 heavy (non-hydrogen) atoms. The largest absolute Gasteiger partial charge is 0.349 e. The van der Waals surface area contributed by atoms with Crippen LogP contribution in [0.3, 0.4) is 0 Å². The van der Waals surface area contributed by atoms with Crippen molar-refractivity contribution < 1.29 is 9.47 Å². The Hall–Kier alpha value is -1.98. The Morgan fingerprint density at radius 3 is 2.60 bits per heavy atom. The van der Waals surface area contributed by atoms with Crippen LogP contribution in [0.2, 0.25) is 0 Å². The lowest BCUT2D eigenvalue weighted by molar-refractivity contribution is -0.140. The van der Waals surface area contributed by atoms with E-state index in [2.05, 4.69) is 9.97 Å². The van der Waals surface area contributed by atoms with Gasteiger partial charge in [0.25, 0.3) is 5.56 Å². The lowest BCUT2D eigenvalue weighted by Crippen LogP contribution is -2.09. The quantitative estimate of drug-likeness (QED) is 0.822. The zero-order chi connectivity index (χ0) is 14.4. The summed E-state index contributed by atoms with van der Waals surface area (Å²) in [5, 5.41) is 0. The third-order valence-corrected chi connectivity index (χ3v) is 2.74. The number of aromatic nitrogens is 2. The van der Waals surface area contributed by atoms with Gasteiger partial charge in [0.2, 0.25) is 0 Å². The molecule has 0 radical (unpaired) electrons. The van der Waals surface area contributed by atoms with Gasteiger partial charge in [-0.15, -0.1) is 0 Å². The molecule has 0 amide bonds. The summed E-state index contributed by atoms with van der Waals surface area (Å²) in [5.74, 6) is 0.533. The Labute approximate surface area is 117 Å². The van der Waals surface area contributed by atoms with Crippen molar-refractivity contribution in [2.45, 2.75) is 20.1 Å². The second-order valence-electron chi connectivity index (χ2n) is 4.15. The fourth-order valence-electron chi connectivity index (χ4n) is 1.89. The van der Waals surface area contributed by atoms with E-state index in [1.165, 1.54) is 12.3 Å². The van der Waals surface area contributed by atoms with Gasteiger partial charge in [0.15, 0.2) is 6.29 Å². The minimum Gasteiger partial charge on any atom is -0.349 e. The monoisotopic (exact) mass is 274 g/mol. The number of ether oxygens (including phenoxy) is 2. The maximum absolute atomic E-state index is 11.3. The SMILES string of the molecule is CCOC(OCC)c1cccc(-c2nccc(=O)[nH]2)c1. The number of rotatable bonds is 6. The topological polar surface area (TPSA) is 64.2 Å². The summed E-state index contributed by atoms with van der Waals surface area (Å²) in [7, 11) is 0. The maximum atomic E-state index is 11.3. The molecule has 0 aliphatic heterocycles. The van der Waals surface area contributed by atoms with E-state index in [-0.39, 0.29) is 5.56 Å². The molecule has 106 valence electrons. The highest BCUT2D eigenvalue weighted by molar-refractivity contribution is 5.55. The summed E-state index contributed by atoms with van der Waals surface area (Å²) in [6.07, 6.45) is 1.09. The first kappa shape index (κ1) is 14.4. The van der Waals surface area contributed by atoms with Crippen LogP contribution in [0.5, 0.6) is 0 Å². The third-order valence-electron chi connectivity index (χ3n) is 2.74. The molecule has 1 aromatic carbocycles. The van der Waals surface area contributed by atoms with Crippen LogP contribution in [0.25, 0.3) is 11.4 Å². The average Bonchev–Trinajstić information content (AvgIpc) is 2.47. The third kappa shape index (κ3) is 3.53. The van der Waals surface area contributed by atoms with Gasteiger partial charge in [-0.3, -0.25) is 4.79 Å². The van der Waals surface area contributed by atoms with E-state index in [9.17, 15) is 4.79 Å². The van der Waals surface area contributed by atoms with Crippen molar-refractivity contribution in [2.24, 2.45) is 0 Å². The predicted molar refractivity (Wildman–Crippen MR) is 76.3 cm³/mol. The molecule has 0 saturated carbocycles. The van der Waals surface area contributed by atoms with E-state index in [0.29, 0.717) is 19.0 Å². The fraction of sp³-hybridized carbons (Fsp3) is 0.333. The molecule has 0 spiro atoms. The van der Waals surface area contributed by atoms with Gasteiger partial charge in [-0.25, -0.2) is 4.98 Å². The van der Waals surface area contributed by atoms with Crippen molar-refractivity contribution >= 4 is 0 Å². The van der Waals surface area contributed by atoms with Crippen molar-refractivity contribution in [2.75, 3.05) is 13.2 Å². The number of hydrogen-bond acceptors (Lipinski definition) is 4.